The van der Waals surface area contributed by atoms with E-state index in [1.807, 2.05) is 30.3 Å². The minimum Gasteiger partial charge on any atom is -1.00 e. The van der Waals surface area contributed by atoms with Gasteiger partial charge in [-0.05, 0) is 95.4 Å². The molecule has 0 aromatic heterocycles. The smallest absolute Gasteiger partial charge is 1.00 e. The second-order valence-corrected chi connectivity index (χ2v) is 17.2. The first kappa shape index (κ1) is 52.1. The molecule has 0 nitrogen and oxygen atoms in total. The maximum atomic E-state index is 4.04. The molecule has 4 heteroatoms. The maximum absolute atomic E-state index is 4.04. The molecule has 1 aliphatic carbocycles. The fraction of sp³-hybridized carbons (Fsp3) is 0.333. The van der Waals surface area contributed by atoms with Crippen molar-refractivity contribution in [1.29, 1.82) is 0 Å². The first-order valence-electron chi connectivity index (χ1n) is 22.1. The van der Waals surface area contributed by atoms with E-state index in [0.29, 0.717) is 0 Å². The molecule has 0 saturated carbocycles. The van der Waals surface area contributed by atoms with Gasteiger partial charge in [0.15, 0.2) is 0 Å². The van der Waals surface area contributed by atoms with Crippen LogP contribution in [0.15, 0.2) is 115 Å². The average molecular weight is 939 g/mol. The SMILES string of the molecule is CCCCCCCCCCCCc1[c-]c2c3c(c4ccc(C)c(C)c4c2c(C)c1C)-c1ccccc1C3.Cc1ccc(C(=[Si])c2ccc(C)cc2)cc1.[Cl-].[Cl-].[Zr+4].c1cc[cH-]c1. The molecule has 8 rings (SSSR count). The summed E-state index contributed by atoms with van der Waals surface area (Å²) in [5.74, 6) is 0. The minimum absolute atomic E-state index is 0. The quantitative estimate of drug-likeness (QED) is 0.0468. The fourth-order valence-electron chi connectivity index (χ4n) is 8.64. The largest absolute Gasteiger partial charge is 4.00 e. The third kappa shape index (κ3) is 13.1. The molecule has 0 amide bonds. The standard InChI is InChI=1S/C37H45.C15H14Si.C5H5.2ClH.Zr/c1-6-7-8-9-10-11-12-13-14-15-18-29-23-33-34-24-30-19-16-17-20-31(30)37(34)32-22-21-25(2)26(3)35(32)36(33)28(5)27(29)4;1-11-3-7-13(8-4-11)15(16)14-9-5-12(2)6-10-14;1-2-4-5-3-1;;;/h16-17,19-22H,6-15,18,24H2,1-5H3;3-10H,1-2H3;1-5H;2*1H;/q-1;;-1;;;+4/p-2. The van der Waals surface area contributed by atoms with Gasteiger partial charge in [0.2, 0.25) is 0 Å². The Hall–Kier alpha value is -3.26. The summed E-state index contributed by atoms with van der Waals surface area (Å²) in [7, 11) is 3.71. The average Bonchev–Trinajstić information content (AvgIpc) is 3.95. The van der Waals surface area contributed by atoms with Crippen LogP contribution < -0.4 is 24.8 Å². The Balaban J connectivity index is 0.000000343. The Labute approximate surface area is 403 Å². The van der Waals surface area contributed by atoms with Crippen LogP contribution in [0, 0.1) is 47.6 Å². The topological polar surface area (TPSA) is 0 Å². The monoisotopic (exact) mass is 936 g/mol. The molecule has 0 unspecified atom stereocenters. The molecule has 2 radical (unpaired) electrons. The first-order valence-corrected chi connectivity index (χ1v) is 22.6. The van der Waals surface area contributed by atoms with Crippen molar-refractivity contribution in [2.24, 2.45) is 0 Å². The van der Waals surface area contributed by atoms with Crippen molar-refractivity contribution in [3.8, 4) is 11.1 Å². The molecule has 0 aliphatic heterocycles. The first-order chi connectivity index (χ1) is 28.2. The van der Waals surface area contributed by atoms with Crippen LogP contribution in [0.4, 0.5) is 0 Å². The van der Waals surface area contributed by atoms with Crippen LogP contribution in [-0.2, 0) is 39.0 Å². The van der Waals surface area contributed by atoms with E-state index in [9.17, 15) is 0 Å². The number of hydrogen-bond donors (Lipinski definition) is 0. The molecule has 0 spiro atoms. The number of benzene rings is 6. The third-order valence-electron chi connectivity index (χ3n) is 12.4. The van der Waals surface area contributed by atoms with Crippen molar-refractivity contribution >= 4 is 36.6 Å². The van der Waals surface area contributed by atoms with Gasteiger partial charge >= 0.3 is 26.2 Å². The van der Waals surface area contributed by atoms with E-state index in [1.165, 1.54) is 158 Å². The molecule has 0 atom stereocenters. The number of rotatable bonds is 13. The normalized spacial score (nSPS) is 10.9. The summed E-state index contributed by atoms with van der Waals surface area (Å²) in [6.07, 6.45) is 16.1. The zero-order chi connectivity index (χ0) is 41.0. The number of hydrogen-bond acceptors (Lipinski definition) is 0. The van der Waals surface area contributed by atoms with Crippen LogP contribution in [0.1, 0.15) is 132 Å². The van der Waals surface area contributed by atoms with Crippen LogP contribution in [0.25, 0.3) is 32.7 Å². The van der Waals surface area contributed by atoms with E-state index in [0.717, 1.165) is 18.0 Å². The molecule has 0 bridgehead atoms. The van der Waals surface area contributed by atoms with E-state index in [-0.39, 0.29) is 51.0 Å². The van der Waals surface area contributed by atoms with Gasteiger partial charge in [0.05, 0.1) is 0 Å². The Kier molecular flexibility index (Phi) is 22.0. The van der Waals surface area contributed by atoms with Gasteiger partial charge in [0, 0.05) is 9.85 Å². The summed E-state index contributed by atoms with van der Waals surface area (Å²) in [5, 5.41) is 6.85. The molecular formula is C57H64Cl2SiZr. The van der Waals surface area contributed by atoms with Gasteiger partial charge in [-0.15, -0.1) is 33.7 Å². The second kappa shape index (κ2) is 25.8. The van der Waals surface area contributed by atoms with Gasteiger partial charge in [-0.2, -0.15) is 18.2 Å². The molecule has 0 fully saturated rings. The summed E-state index contributed by atoms with van der Waals surface area (Å²) >= 11 is 0. The number of halogens is 2. The Bertz CT molecular complexity index is 2360. The molecule has 61 heavy (non-hydrogen) atoms. The third-order valence-corrected chi connectivity index (χ3v) is 13.0. The van der Waals surface area contributed by atoms with Crippen LogP contribution in [0.3, 0.4) is 0 Å². The van der Waals surface area contributed by atoms with Gasteiger partial charge in [0.25, 0.3) is 0 Å². The molecule has 7 aromatic rings. The Morgan fingerprint density at radius 2 is 1.13 bits per heavy atom. The van der Waals surface area contributed by atoms with Crippen LogP contribution >= 0.6 is 0 Å². The van der Waals surface area contributed by atoms with Crippen molar-refractivity contribution in [3.63, 3.8) is 0 Å². The van der Waals surface area contributed by atoms with Gasteiger partial charge in [0.1, 0.15) is 0 Å². The van der Waals surface area contributed by atoms with Crippen LogP contribution in [0.2, 0.25) is 0 Å². The molecule has 7 aromatic carbocycles. The van der Waals surface area contributed by atoms with E-state index in [4.69, 9.17) is 0 Å². The van der Waals surface area contributed by atoms with Crippen molar-refractivity contribution in [2.75, 3.05) is 0 Å². The Morgan fingerprint density at radius 1 is 0.590 bits per heavy atom. The van der Waals surface area contributed by atoms with Crippen LogP contribution in [0.5, 0.6) is 0 Å². The van der Waals surface area contributed by atoms with E-state index < -0.39 is 0 Å². The summed E-state index contributed by atoms with van der Waals surface area (Å²) in [4.78, 5) is 0. The summed E-state index contributed by atoms with van der Waals surface area (Å²) in [6, 6.07) is 44.8. The molecule has 0 saturated heterocycles. The predicted octanol–water partition coefficient (Wildman–Crippen LogP) is 9.51. The zero-order valence-corrected chi connectivity index (χ0v) is 42.7. The van der Waals surface area contributed by atoms with Crippen molar-refractivity contribution in [3.05, 3.63) is 183 Å². The molecule has 0 N–H and O–H groups in total. The molecular weight excluding hydrogens is 875 g/mol. The second-order valence-electron chi connectivity index (χ2n) is 16.7. The number of aryl methyl sites for hydroxylation is 6. The predicted molar refractivity (Wildman–Crippen MR) is 256 cm³/mol. The molecule has 1 aliphatic rings. The van der Waals surface area contributed by atoms with Gasteiger partial charge in [-0.1, -0.05) is 186 Å². The fourth-order valence-corrected chi connectivity index (χ4v) is 8.97. The molecule has 314 valence electrons. The van der Waals surface area contributed by atoms with Crippen molar-refractivity contribution < 1.29 is 51.0 Å². The van der Waals surface area contributed by atoms with Crippen molar-refractivity contribution in [2.45, 2.75) is 126 Å². The summed E-state index contributed by atoms with van der Waals surface area (Å²) in [6.45, 7) is 15.8. The van der Waals surface area contributed by atoms with Gasteiger partial charge < -0.3 is 24.8 Å². The van der Waals surface area contributed by atoms with Crippen molar-refractivity contribution in [1.82, 2.24) is 0 Å². The Morgan fingerprint density at radius 3 is 1.67 bits per heavy atom. The number of fused-ring (bicyclic) bond motifs is 8. The van der Waals surface area contributed by atoms with E-state index in [2.05, 4.69) is 149 Å². The van der Waals surface area contributed by atoms with Gasteiger partial charge in [-0.3, -0.25) is 0 Å². The van der Waals surface area contributed by atoms with Crippen LogP contribution in [-0.4, -0.2) is 15.0 Å². The van der Waals surface area contributed by atoms with E-state index in [1.54, 1.807) is 0 Å². The van der Waals surface area contributed by atoms with E-state index >= 15 is 0 Å². The maximum Gasteiger partial charge on any atom is 4.00 e. The molecule has 0 heterocycles. The summed E-state index contributed by atoms with van der Waals surface area (Å²) < 4.78 is 0. The number of unbranched alkanes of at least 4 members (excludes halogenated alkanes) is 9. The van der Waals surface area contributed by atoms with Gasteiger partial charge in [-0.25, -0.2) is 12.1 Å². The summed E-state index contributed by atoms with van der Waals surface area (Å²) in [5.41, 5.74) is 18.0. The zero-order valence-electron chi connectivity index (χ0n) is 37.7. The minimum atomic E-state index is 0.